The lowest BCUT2D eigenvalue weighted by Gasteiger charge is -2.04. The van der Waals surface area contributed by atoms with Crippen LogP contribution >= 0.6 is 0 Å². The van der Waals surface area contributed by atoms with Gasteiger partial charge in [-0.15, -0.1) is 0 Å². The van der Waals surface area contributed by atoms with Gasteiger partial charge in [0.15, 0.2) is 0 Å². The molecule has 0 spiro atoms. The van der Waals surface area contributed by atoms with Crippen molar-refractivity contribution in [1.82, 2.24) is 0 Å². The molecule has 0 rings (SSSR count). The molecule has 0 heterocycles. The van der Waals surface area contributed by atoms with Crippen molar-refractivity contribution in [2.24, 2.45) is 5.92 Å². The smallest absolute Gasteiger partial charge is 0.303 e. The van der Waals surface area contributed by atoms with E-state index in [2.05, 4.69) is 64.2 Å². The fourth-order valence-corrected chi connectivity index (χ4v) is 7.03. The number of rotatable bonds is 44. The van der Waals surface area contributed by atoms with Gasteiger partial charge in [-0.25, -0.2) is 0 Å². The van der Waals surface area contributed by atoms with Crippen LogP contribution in [0.4, 0.5) is 0 Å². The number of aliphatic carboxylic acids is 3. The van der Waals surface area contributed by atoms with E-state index in [0.717, 1.165) is 57.3 Å². The van der Waals surface area contributed by atoms with Crippen LogP contribution in [0.25, 0.3) is 0 Å². The average Bonchev–Trinajstić information content (AvgIpc) is 3.21. The number of hydrogen-bond acceptors (Lipinski definition) is 3. The van der Waals surface area contributed by atoms with Crippen molar-refractivity contribution in [3.63, 3.8) is 0 Å². The molecule has 0 saturated carbocycles. The van der Waals surface area contributed by atoms with E-state index < -0.39 is 17.9 Å². The molecule has 0 saturated heterocycles. The largest absolute Gasteiger partial charge is 0.481 e. The topological polar surface area (TPSA) is 112 Å². The molecule has 0 aromatic rings. The minimum Gasteiger partial charge on any atom is -0.481 e. The highest BCUT2D eigenvalue weighted by Gasteiger charge is 1.99. The van der Waals surface area contributed by atoms with Crippen LogP contribution in [0.1, 0.15) is 285 Å². The van der Waals surface area contributed by atoms with Gasteiger partial charge in [-0.05, 0) is 83.0 Å². The van der Waals surface area contributed by atoms with Gasteiger partial charge in [0.2, 0.25) is 0 Å². The molecule has 0 bridgehead atoms. The van der Waals surface area contributed by atoms with Gasteiger partial charge in [-0.1, -0.05) is 225 Å². The molecular weight excluding hydrogens is 745 g/mol. The molecule has 0 atom stereocenters. The molecule has 0 amide bonds. The quantitative estimate of drug-likeness (QED) is 0.0416. The Morgan fingerprint density at radius 2 is 0.567 bits per heavy atom. The van der Waals surface area contributed by atoms with E-state index in [-0.39, 0.29) is 0 Å². The zero-order valence-electron chi connectivity index (χ0n) is 40.4. The Bertz CT molecular complexity index is 952. The van der Waals surface area contributed by atoms with Gasteiger partial charge in [0.05, 0.1) is 0 Å². The van der Waals surface area contributed by atoms with Crippen molar-refractivity contribution < 1.29 is 29.7 Å². The third kappa shape index (κ3) is 70.2. The summed E-state index contributed by atoms with van der Waals surface area (Å²) in [7, 11) is 0. The fraction of sp³-hybridized carbons (Fsp3) is 0.833. The third-order valence-corrected chi connectivity index (χ3v) is 10.9. The first-order valence-corrected chi connectivity index (χ1v) is 25.8. The zero-order valence-corrected chi connectivity index (χ0v) is 40.4. The molecule has 0 aliphatic carbocycles. The fourth-order valence-electron chi connectivity index (χ4n) is 7.03. The van der Waals surface area contributed by atoms with E-state index in [0.29, 0.717) is 19.3 Å². The Labute approximate surface area is 373 Å². The molecule has 0 aromatic heterocycles. The first-order chi connectivity index (χ1) is 29.2. The van der Waals surface area contributed by atoms with Crippen molar-refractivity contribution in [3.05, 3.63) is 36.5 Å². The Kier molecular flexibility index (Phi) is 58.4. The van der Waals surface area contributed by atoms with Crippen LogP contribution in [-0.4, -0.2) is 33.2 Å². The highest BCUT2D eigenvalue weighted by Crippen LogP contribution is 2.15. The summed E-state index contributed by atoms with van der Waals surface area (Å²) in [5.41, 5.74) is 0. The van der Waals surface area contributed by atoms with Crippen molar-refractivity contribution in [1.29, 1.82) is 0 Å². The summed E-state index contributed by atoms with van der Waals surface area (Å²) in [5.74, 6) is -1.12. The minimum atomic E-state index is -0.671. The number of unbranched alkanes of at least 4 members (excludes halogenated alkanes) is 30. The Morgan fingerprint density at radius 3 is 0.867 bits per heavy atom. The monoisotopic (exact) mass is 847 g/mol. The maximum Gasteiger partial charge on any atom is 0.303 e. The predicted octanol–water partition coefficient (Wildman–Crippen LogP) is 18.2. The molecule has 0 radical (unpaired) electrons. The molecule has 3 N–H and O–H groups in total. The average molecular weight is 847 g/mol. The van der Waals surface area contributed by atoms with Crippen LogP contribution in [0.5, 0.6) is 0 Å². The van der Waals surface area contributed by atoms with Crippen LogP contribution < -0.4 is 0 Å². The van der Waals surface area contributed by atoms with E-state index in [1.165, 1.54) is 186 Å². The lowest BCUT2D eigenvalue weighted by atomic mass is 10.0. The number of carbonyl (C=O) groups is 3. The molecule has 6 nitrogen and oxygen atoms in total. The van der Waals surface area contributed by atoms with Gasteiger partial charge in [0, 0.05) is 19.3 Å². The second kappa shape index (κ2) is 56.6. The lowest BCUT2D eigenvalue weighted by Crippen LogP contribution is -1.93. The van der Waals surface area contributed by atoms with Gasteiger partial charge < -0.3 is 15.3 Å². The Hall–Kier alpha value is -2.37. The minimum absolute atomic E-state index is 0.324. The SMILES string of the molecule is CC(C)CCCCCCCCCCCCCCC(=O)O.CCCCC/C=C\C/C=C\CCCCCCCC(=O)O.CCCCCCCC/C=C\CCCCCCCC(=O)O. The van der Waals surface area contributed by atoms with E-state index >= 15 is 0 Å². The summed E-state index contributed by atoms with van der Waals surface area (Å²) in [4.78, 5) is 31.0. The molecule has 0 aromatic carbocycles. The molecule has 0 aliphatic heterocycles. The molecule has 6 heteroatoms. The van der Waals surface area contributed by atoms with Crippen LogP contribution in [0.3, 0.4) is 0 Å². The van der Waals surface area contributed by atoms with Gasteiger partial charge in [-0.2, -0.15) is 0 Å². The summed E-state index contributed by atoms with van der Waals surface area (Å²) in [6, 6.07) is 0. The molecule has 60 heavy (non-hydrogen) atoms. The van der Waals surface area contributed by atoms with Crippen molar-refractivity contribution in [3.8, 4) is 0 Å². The first kappa shape index (κ1) is 61.9. The van der Waals surface area contributed by atoms with Crippen LogP contribution in [0.2, 0.25) is 0 Å². The summed E-state index contributed by atoms with van der Waals surface area (Å²) < 4.78 is 0. The third-order valence-electron chi connectivity index (χ3n) is 10.9. The standard InChI is InChI=1S/C18H36O2.C18H34O2.C18H32O2/c1-17(2)15-13-11-9-7-5-3-4-6-8-10-12-14-16-18(19)20;2*1-2-3-4-5-6-7-8-9-10-11-12-13-14-15-16-17-18(19)20/h17H,3-16H2,1-2H3,(H,19,20);9-10H,2-8,11-17H2,1H3,(H,19,20);6-7,9-10H,2-5,8,11-17H2,1H3,(H,19,20)/b;10-9-;7-6-,10-9-. The summed E-state index contributed by atoms with van der Waals surface area (Å²) in [6.07, 6.45) is 60.8. The Balaban J connectivity index is -0.000000812. The number of carboxylic acid groups (broad SMARTS) is 3. The second-order valence-electron chi connectivity index (χ2n) is 17.7. The number of allylic oxidation sites excluding steroid dienone is 6. The van der Waals surface area contributed by atoms with Crippen molar-refractivity contribution in [2.45, 2.75) is 285 Å². The second-order valence-corrected chi connectivity index (χ2v) is 17.7. The highest BCUT2D eigenvalue weighted by molar-refractivity contribution is 5.67. The van der Waals surface area contributed by atoms with E-state index in [1.54, 1.807) is 0 Å². The highest BCUT2D eigenvalue weighted by atomic mass is 16.4. The molecule has 354 valence electrons. The van der Waals surface area contributed by atoms with E-state index in [1.807, 2.05) is 0 Å². The van der Waals surface area contributed by atoms with Gasteiger partial charge in [0.25, 0.3) is 0 Å². The molecule has 0 unspecified atom stereocenters. The summed E-state index contributed by atoms with van der Waals surface area (Å²) in [6.45, 7) is 9.11. The first-order valence-electron chi connectivity index (χ1n) is 25.8. The Morgan fingerprint density at radius 1 is 0.333 bits per heavy atom. The summed E-state index contributed by atoms with van der Waals surface area (Å²) >= 11 is 0. The van der Waals surface area contributed by atoms with Gasteiger partial charge in [0.1, 0.15) is 0 Å². The van der Waals surface area contributed by atoms with E-state index in [4.69, 9.17) is 15.3 Å². The lowest BCUT2D eigenvalue weighted by molar-refractivity contribution is -0.138. The molecule has 0 aliphatic rings. The summed E-state index contributed by atoms with van der Waals surface area (Å²) in [5, 5.41) is 25.5. The maximum absolute atomic E-state index is 10.3. The van der Waals surface area contributed by atoms with Gasteiger partial charge in [-0.3, -0.25) is 14.4 Å². The zero-order chi connectivity index (χ0) is 44.8. The van der Waals surface area contributed by atoms with Crippen molar-refractivity contribution in [2.75, 3.05) is 0 Å². The number of carboxylic acids is 3. The van der Waals surface area contributed by atoms with Crippen molar-refractivity contribution >= 4 is 17.9 Å². The molecular formula is C54H102O6. The van der Waals surface area contributed by atoms with E-state index in [9.17, 15) is 14.4 Å². The molecule has 0 fully saturated rings. The normalized spacial score (nSPS) is 11.3. The van der Waals surface area contributed by atoms with Crippen LogP contribution in [-0.2, 0) is 14.4 Å². The maximum atomic E-state index is 10.3. The number of hydrogen-bond donors (Lipinski definition) is 3. The van der Waals surface area contributed by atoms with Crippen LogP contribution in [0.15, 0.2) is 36.5 Å². The van der Waals surface area contributed by atoms with Crippen LogP contribution in [0, 0.1) is 5.92 Å². The van der Waals surface area contributed by atoms with Gasteiger partial charge >= 0.3 is 17.9 Å². The predicted molar refractivity (Wildman–Crippen MR) is 261 cm³/mol.